The van der Waals surface area contributed by atoms with Crippen molar-refractivity contribution in [2.24, 2.45) is 12.5 Å². The summed E-state index contributed by atoms with van der Waals surface area (Å²) < 4.78 is 7.34. The highest BCUT2D eigenvalue weighted by atomic mass is 16.5. The van der Waals surface area contributed by atoms with Gasteiger partial charge in [-0.25, -0.2) is 9.78 Å². The van der Waals surface area contributed by atoms with Gasteiger partial charge in [-0.3, -0.25) is 0 Å². The third-order valence-corrected chi connectivity index (χ3v) is 4.59. The van der Waals surface area contributed by atoms with E-state index in [0.717, 1.165) is 11.4 Å². The molecule has 2 heterocycles. The van der Waals surface area contributed by atoms with Crippen LogP contribution in [0, 0.1) is 12.3 Å². The van der Waals surface area contributed by atoms with Crippen molar-refractivity contribution in [1.29, 1.82) is 0 Å². The Morgan fingerprint density at radius 2 is 2.17 bits per heavy atom. The lowest BCUT2D eigenvalue weighted by Gasteiger charge is -2.53. The van der Waals surface area contributed by atoms with Crippen LogP contribution in [0.15, 0.2) is 30.6 Å². The third kappa shape index (κ3) is 2.72. The second-order valence-corrected chi connectivity index (χ2v) is 7.05. The Morgan fingerprint density at radius 1 is 1.42 bits per heavy atom. The Bertz CT molecular complexity index is 766. The average molecular weight is 328 g/mol. The highest BCUT2D eigenvalue weighted by Crippen LogP contribution is 2.47. The van der Waals surface area contributed by atoms with Crippen LogP contribution in [0.5, 0.6) is 5.75 Å². The number of carbonyl (C=O) groups excluding carboxylic acids is 1. The third-order valence-electron chi connectivity index (χ3n) is 4.59. The van der Waals surface area contributed by atoms with Crippen LogP contribution < -0.4 is 10.1 Å². The number of rotatable bonds is 3. The first-order valence-corrected chi connectivity index (χ1v) is 8.03. The molecule has 0 aliphatic carbocycles. The number of nitrogens with one attached hydrogen (secondary N) is 1. The molecule has 1 atom stereocenters. The van der Waals surface area contributed by atoms with Gasteiger partial charge in [-0.15, -0.1) is 0 Å². The summed E-state index contributed by atoms with van der Waals surface area (Å²) in [5, 5.41) is 2.96. The molecule has 128 valence electrons. The van der Waals surface area contributed by atoms with Gasteiger partial charge >= 0.3 is 6.03 Å². The largest absolute Gasteiger partial charge is 0.495 e. The minimum absolute atomic E-state index is 0.00614. The Hall–Kier alpha value is -2.50. The maximum absolute atomic E-state index is 12.8. The number of methoxy groups -OCH3 is 1. The van der Waals surface area contributed by atoms with Gasteiger partial charge in [0.05, 0.1) is 18.8 Å². The van der Waals surface area contributed by atoms with Gasteiger partial charge in [-0.1, -0.05) is 19.9 Å². The van der Waals surface area contributed by atoms with Crippen molar-refractivity contribution < 1.29 is 9.53 Å². The first-order chi connectivity index (χ1) is 11.3. The smallest absolute Gasteiger partial charge is 0.322 e. The Morgan fingerprint density at radius 3 is 2.75 bits per heavy atom. The molecular weight excluding hydrogens is 304 g/mol. The molecule has 1 aliphatic rings. The lowest BCUT2D eigenvalue weighted by Crippen LogP contribution is -2.59. The van der Waals surface area contributed by atoms with Gasteiger partial charge in [-0.2, -0.15) is 0 Å². The van der Waals surface area contributed by atoms with Crippen molar-refractivity contribution in [2.75, 3.05) is 19.0 Å². The van der Waals surface area contributed by atoms with Gasteiger partial charge in [0.25, 0.3) is 0 Å². The van der Waals surface area contributed by atoms with E-state index in [1.807, 2.05) is 47.8 Å². The van der Waals surface area contributed by atoms with Crippen LogP contribution in [0.2, 0.25) is 0 Å². The van der Waals surface area contributed by atoms with Crippen LogP contribution in [0.1, 0.15) is 31.3 Å². The Labute approximate surface area is 142 Å². The number of aromatic nitrogens is 2. The summed E-state index contributed by atoms with van der Waals surface area (Å²) in [7, 11) is 3.56. The minimum atomic E-state index is -0.135. The first-order valence-electron chi connectivity index (χ1n) is 8.03. The molecule has 1 fully saturated rings. The lowest BCUT2D eigenvalue weighted by molar-refractivity contribution is -0.0182. The van der Waals surface area contributed by atoms with Crippen LogP contribution >= 0.6 is 0 Å². The van der Waals surface area contributed by atoms with E-state index >= 15 is 0 Å². The number of imidazole rings is 1. The van der Waals surface area contributed by atoms with Crippen LogP contribution in [-0.4, -0.2) is 34.1 Å². The fourth-order valence-corrected chi connectivity index (χ4v) is 3.33. The number of amides is 2. The molecule has 3 rings (SSSR count). The molecule has 6 heteroatoms. The molecule has 6 nitrogen and oxygen atoms in total. The molecule has 1 saturated heterocycles. The topological polar surface area (TPSA) is 59.4 Å². The van der Waals surface area contributed by atoms with E-state index < -0.39 is 0 Å². The first kappa shape index (κ1) is 16.4. The number of aryl methyl sites for hydroxylation is 2. The minimum Gasteiger partial charge on any atom is -0.495 e. The Balaban J connectivity index is 1.82. The number of hydrogen-bond acceptors (Lipinski definition) is 3. The Kier molecular flexibility index (Phi) is 3.99. The molecule has 1 aromatic carbocycles. The highest BCUT2D eigenvalue weighted by molar-refractivity contribution is 5.92. The zero-order valence-electron chi connectivity index (χ0n) is 14.8. The van der Waals surface area contributed by atoms with Crippen molar-refractivity contribution in [1.82, 2.24) is 14.5 Å². The maximum atomic E-state index is 12.8. The molecule has 0 saturated carbocycles. The van der Waals surface area contributed by atoms with E-state index in [9.17, 15) is 4.79 Å². The number of ether oxygens (including phenoxy) is 1. The summed E-state index contributed by atoms with van der Waals surface area (Å²) in [5.41, 5.74) is 1.76. The van der Waals surface area contributed by atoms with E-state index in [-0.39, 0.29) is 17.5 Å². The van der Waals surface area contributed by atoms with Crippen LogP contribution in [0.25, 0.3) is 0 Å². The molecule has 0 unspecified atom stereocenters. The van der Waals surface area contributed by atoms with Crippen molar-refractivity contribution in [3.8, 4) is 5.75 Å². The second kappa shape index (κ2) is 5.85. The summed E-state index contributed by atoms with van der Waals surface area (Å²) in [5.74, 6) is 1.56. The molecule has 1 aliphatic heterocycles. The van der Waals surface area contributed by atoms with E-state index in [1.54, 1.807) is 13.3 Å². The lowest BCUT2D eigenvalue weighted by atomic mass is 9.74. The normalized spacial score (nSPS) is 18.9. The summed E-state index contributed by atoms with van der Waals surface area (Å²) in [6.07, 6.45) is 3.67. The molecule has 1 N–H and O–H groups in total. The van der Waals surface area contributed by atoms with Gasteiger partial charge < -0.3 is 19.5 Å². The van der Waals surface area contributed by atoms with Crippen LogP contribution in [-0.2, 0) is 7.05 Å². The molecule has 1 aromatic heterocycles. The van der Waals surface area contributed by atoms with Crippen molar-refractivity contribution >= 4 is 11.7 Å². The quantitative estimate of drug-likeness (QED) is 0.940. The monoisotopic (exact) mass is 328 g/mol. The van der Waals surface area contributed by atoms with Crippen molar-refractivity contribution in [3.63, 3.8) is 0 Å². The number of anilines is 1. The molecule has 0 spiro atoms. The molecular formula is C18H24N4O2. The van der Waals surface area contributed by atoms with Gasteiger partial charge in [0.2, 0.25) is 0 Å². The van der Waals surface area contributed by atoms with Crippen molar-refractivity contribution in [3.05, 3.63) is 42.0 Å². The highest BCUT2D eigenvalue weighted by Gasteiger charge is 2.50. The number of nitrogens with zero attached hydrogens (tertiary/aromatic N) is 3. The van der Waals surface area contributed by atoms with Gasteiger partial charge in [0, 0.05) is 31.4 Å². The zero-order valence-corrected chi connectivity index (χ0v) is 14.8. The van der Waals surface area contributed by atoms with Crippen molar-refractivity contribution in [2.45, 2.75) is 26.8 Å². The zero-order chi connectivity index (χ0) is 17.5. The standard InChI is InChI=1S/C18H24N4O2/c1-12-6-7-13(14(10-12)24-5)20-17(23)22-11-18(2,3)15(22)16-19-8-9-21(16)4/h6-10,15H,11H2,1-5H3,(H,20,23)/t15-/m0/s1. The fourth-order valence-electron chi connectivity index (χ4n) is 3.33. The second-order valence-electron chi connectivity index (χ2n) is 7.05. The summed E-state index contributed by atoms with van der Waals surface area (Å²) in [6.45, 7) is 6.99. The molecule has 0 bridgehead atoms. The predicted octanol–water partition coefficient (Wildman–Crippen LogP) is 3.35. The molecule has 0 radical (unpaired) electrons. The molecule has 2 amide bonds. The van der Waals surface area contributed by atoms with Crippen LogP contribution in [0.3, 0.4) is 0 Å². The number of hydrogen-bond donors (Lipinski definition) is 1. The average Bonchev–Trinajstić information content (AvgIpc) is 2.92. The number of carbonyl (C=O) groups is 1. The van der Waals surface area contributed by atoms with Gasteiger partial charge in [0.1, 0.15) is 11.6 Å². The van der Waals surface area contributed by atoms with Crippen LogP contribution in [0.4, 0.5) is 10.5 Å². The van der Waals surface area contributed by atoms with E-state index in [1.165, 1.54) is 0 Å². The maximum Gasteiger partial charge on any atom is 0.322 e. The van der Waals surface area contributed by atoms with E-state index in [2.05, 4.69) is 24.1 Å². The number of urea groups is 1. The molecule has 2 aromatic rings. The van der Waals surface area contributed by atoms with E-state index in [0.29, 0.717) is 18.0 Å². The number of likely N-dealkylation sites (tertiary alicyclic amines) is 1. The molecule has 24 heavy (non-hydrogen) atoms. The van der Waals surface area contributed by atoms with E-state index in [4.69, 9.17) is 4.74 Å². The summed E-state index contributed by atoms with van der Waals surface area (Å²) >= 11 is 0. The van der Waals surface area contributed by atoms with Gasteiger partial charge in [0.15, 0.2) is 0 Å². The SMILES string of the molecule is COc1cc(C)ccc1NC(=O)N1CC(C)(C)[C@@H]1c1nccn1C. The van der Waals surface area contributed by atoms with Gasteiger partial charge in [-0.05, 0) is 24.6 Å². The predicted molar refractivity (Wildman–Crippen MR) is 93.2 cm³/mol. The summed E-state index contributed by atoms with van der Waals surface area (Å²) in [4.78, 5) is 19.0. The number of benzene rings is 1. The summed E-state index contributed by atoms with van der Waals surface area (Å²) in [6, 6.07) is 5.55. The fraction of sp³-hybridized carbons (Fsp3) is 0.444.